The van der Waals surface area contributed by atoms with Crippen LogP contribution in [0.3, 0.4) is 0 Å². The summed E-state index contributed by atoms with van der Waals surface area (Å²) in [4.78, 5) is 0. The van der Waals surface area contributed by atoms with Crippen LogP contribution in [-0.4, -0.2) is 12.1 Å². The predicted molar refractivity (Wildman–Crippen MR) is 54.4 cm³/mol. The Morgan fingerprint density at radius 2 is 1.41 bits per heavy atom. The third-order valence-electron chi connectivity index (χ3n) is 2.08. The van der Waals surface area contributed by atoms with Gasteiger partial charge in [0.1, 0.15) is 6.04 Å². The second-order valence-electron chi connectivity index (χ2n) is 3.23. The number of hydrogen-bond donors (Lipinski definition) is 1. The second-order valence-corrected chi connectivity index (χ2v) is 4.05. The summed E-state index contributed by atoms with van der Waals surface area (Å²) < 4.78 is 62.4. The maximum atomic E-state index is 13.0. The van der Waals surface area contributed by atoms with Gasteiger partial charge in [-0.2, -0.15) is 22.0 Å². The summed E-state index contributed by atoms with van der Waals surface area (Å²) in [6.07, 6.45) is -5.77. The fourth-order valence-corrected chi connectivity index (χ4v) is 1.80. The van der Waals surface area contributed by atoms with Crippen molar-refractivity contribution in [1.82, 2.24) is 0 Å². The van der Waals surface area contributed by atoms with Crippen LogP contribution in [0, 0.1) is 0 Å². The van der Waals surface area contributed by atoms with Gasteiger partial charge in [0.25, 0.3) is 0 Å². The lowest BCUT2D eigenvalue weighted by molar-refractivity contribution is -0.290. The molecule has 0 bridgehead atoms. The third kappa shape index (κ3) is 2.64. The number of halogens is 7. The molecule has 1 atom stereocenters. The molecule has 96 valence electrons. The minimum Gasteiger partial charge on any atom is -0.319 e. The van der Waals surface area contributed by atoms with Crippen molar-refractivity contribution in [1.29, 1.82) is 0 Å². The van der Waals surface area contributed by atoms with E-state index >= 15 is 0 Å². The van der Waals surface area contributed by atoms with Crippen LogP contribution in [0.1, 0.15) is 11.6 Å². The minimum atomic E-state index is -5.77. The van der Waals surface area contributed by atoms with Crippen molar-refractivity contribution in [2.24, 2.45) is 5.73 Å². The lowest BCUT2D eigenvalue weighted by Gasteiger charge is -2.27. The van der Waals surface area contributed by atoms with Gasteiger partial charge in [-0.25, -0.2) is 0 Å². The van der Waals surface area contributed by atoms with Gasteiger partial charge >= 0.3 is 12.1 Å². The van der Waals surface area contributed by atoms with E-state index in [0.717, 1.165) is 12.1 Å². The highest BCUT2D eigenvalue weighted by Crippen LogP contribution is 2.46. The van der Waals surface area contributed by atoms with Crippen molar-refractivity contribution in [2.75, 3.05) is 0 Å². The Labute approximate surface area is 103 Å². The van der Waals surface area contributed by atoms with E-state index in [1.54, 1.807) is 0 Å². The average Bonchev–Trinajstić information content (AvgIpc) is 2.15. The third-order valence-corrected chi connectivity index (χ3v) is 2.74. The van der Waals surface area contributed by atoms with Crippen LogP contribution in [0.2, 0.25) is 10.0 Å². The number of hydrogen-bond acceptors (Lipinski definition) is 1. The molecule has 0 radical (unpaired) electrons. The van der Waals surface area contributed by atoms with E-state index in [4.69, 9.17) is 28.9 Å². The van der Waals surface area contributed by atoms with Crippen molar-refractivity contribution in [3.05, 3.63) is 33.8 Å². The van der Waals surface area contributed by atoms with E-state index in [-0.39, 0.29) is 10.0 Å². The molecule has 2 N–H and O–H groups in total. The van der Waals surface area contributed by atoms with E-state index in [1.807, 2.05) is 0 Å². The minimum absolute atomic E-state index is 0.339. The van der Waals surface area contributed by atoms with Crippen LogP contribution in [-0.2, 0) is 0 Å². The highest BCUT2D eigenvalue weighted by Gasteiger charge is 2.62. The average molecular weight is 294 g/mol. The summed E-state index contributed by atoms with van der Waals surface area (Å²) in [5.74, 6) is -5.11. The fourth-order valence-electron chi connectivity index (χ4n) is 1.17. The molecule has 0 aliphatic heterocycles. The van der Waals surface area contributed by atoms with Crippen molar-refractivity contribution >= 4 is 23.2 Å². The van der Waals surface area contributed by atoms with E-state index in [1.165, 1.54) is 6.07 Å². The smallest absolute Gasteiger partial charge is 0.319 e. The first-order chi connectivity index (χ1) is 7.59. The summed E-state index contributed by atoms with van der Waals surface area (Å²) in [6, 6.07) is 0.931. The molecule has 1 aromatic carbocycles. The summed E-state index contributed by atoms with van der Waals surface area (Å²) in [7, 11) is 0. The molecule has 0 unspecified atom stereocenters. The molecule has 1 aromatic rings. The molecule has 0 aliphatic carbocycles. The number of alkyl halides is 5. The topological polar surface area (TPSA) is 26.0 Å². The Hall–Kier alpha value is -0.590. The SMILES string of the molecule is N[C@H](c1c(Cl)cccc1Cl)C(F)(F)C(F)(F)F. The van der Waals surface area contributed by atoms with Gasteiger partial charge in [0.15, 0.2) is 0 Å². The van der Waals surface area contributed by atoms with Gasteiger partial charge in [-0.3, -0.25) is 0 Å². The fraction of sp³-hybridized carbons (Fsp3) is 0.333. The Morgan fingerprint density at radius 3 is 1.76 bits per heavy atom. The van der Waals surface area contributed by atoms with Crippen LogP contribution in [0.4, 0.5) is 22.0 Å². The van der Waals surface area contributed by atoms with Gasteiger partial charge in [0.05, 0.1) is 0 Å². The largest absolute Gasteiger partial charge is 0.455 e. The van der Waals surface area contributed by atoms with Crippen LogP contribution < -0.4 is 5.73 Å². The van der Waals surface area contributed by atoms with Crippen LogP contribution in [0.25, 0.3) is 0 Å². The van der Waals surface area contributed by atoms with E-state index in [0.29, 0.717) is 0 Å². The maximum absolute atomic E-state index is 13.0. The van der Waals surface area contributed by atoms with Crippen LogP contribution in [0.15, 0.2) is 18.2 Å². The van der Waals surface area contributed by atoms with E-state index < -0.39 is 23.7 Å². The number of nitrogens with two attached hydrogens (primary N) is 1. The molecule has 0 amide bonds. The molecule has 0 saturated carbocycles. The molecule has 0 aromatic heterocycles. The Kier molecular flexibility index (Phi) is 3.91. The zero-order valence-electron chi connectivity index (χ0n) is 8.03. The summed E-state index contributed by atoms with van der Waals surface area (Å²) in [6.45, 7) is 0. The number of rotatable bonds is 2. The standard InChI is InChI=1S/C9H6Cl2F5N/c10-4-2-1-3-5(11)6(4)7(17)8(12,13)9(14,15)16/h1-3,7H,17H2/t7-/m1/s1. The highest BCUT2D eigenvalue weighted by atomic mass is 35.5. The molecule has 0 spiro atoms. The molecule has 0 saturated heterocycles. The molecule has 17 heavy (non-hydrogen) atoms. The van der Waals surface area contributed by atoms with Crippen molar-refractivity contribution in [3.8, 4) is 0 Å². The molecule has 1 rings (SSSR count). The molecular formula is C9H6Cl2F5N. The summed E-state index contributed by atoms with van der Waals surface area (Å²) in [5, 5.41) is -0.678. The van der Waals surface area contributed by atoms with Gasteiger partial charge in [0.2, 0.25) is 0 Å². The highest BCUT2D eigenvalue weighted by molar-refractivity contribution is 6.36. The first-order valence-corrected chi connectivity index (χ1v) is 4.98. The van der Waals surface area contributed by atoms with Gasteiger partial charge in [-0.15, -0.1) is 0 Å². The van der Waals surface area contributed by atoms with Gasteiger partial charge in [0, 0.05) is 15.6 Å². The Balaban J connectivity index is 3.26. The lowest BCUT2D eigenvalue weighted by Crippen LogP contribution is -2.46. The van der Waals surface area contributed by atoms with Crippen molar-refractivity contribution in [2.45, 2.75) is 18.1 Å². The zero-order valence-corrected chi connectivity index (χ0v) is 9.54. The Morgan fingerprint density at radius 1 is 1.00 bits per heavy atom. The van der Waals surface area contributed by atoms with Gasteiger partial charge in [-0.05, 0) is 12.1 Å². The first kappa shape index (κ1) is 14.5. The predicted octanol–water partition coefficient (Wildman–Crippen LogP) is 4.19. The second kappa shape index (κ2) is 4.59. The molecular weight excluding hydrogens is 288 g/mol. The summed E-state index contributed by atoms with van der Waals surface area (Å²) >= 11 is 11.0. The monoisotopic (exact) mass is 293 g/mol. The van der Waals surface area contributed by atoms with E-state index in [2.05, 4.69) is 0 Å². The van der Waals surface area contributed by atoms with Crippen LogP contribution in [0.5, 0.6) is 0 Å². The summed E-state index contributed by atoms with van der Waals surface area (Å²) in [5.41, 5.74) is 4.29. The van der Waals surface area contributed by atoms with Crippen molar-refractivity contribution in [3.63, 3.8) is 0 Å². The molecule has 8 heteroatoms. The van der Waals surface area contributed by atoms with E-state index in [9.17, 15) is 22.0 Å². The number of benzene rings is 1. The normalized spacial score (nSPS) is 14.8. The molecule has 1 nitrogen and oxygen atoms in total. The lowest BCUT2D eigenvalue weighted by atomic mass is 10.0. The zero-order chi connectivity index (χ0) is 13.4. The van der Waals surface area contributed by atoms with Crippen molar-refractivity contribution < 1.29 is 22.0 Å². The van der Waals surface area contributed by atoms with Crippen LogP contribution >= 0.6 is 23.2 Å². The molecule has 0 fully saturated rings. The van der Waals surface area contributed by atoms with Gasteiger partial charge in [-0.1, -0.05) is 29.3 Å². The molecule has 0 aliphatic rings. The Bertz CT molecular complexity index is 398. The molecule has 0 heterocycles. The first-order valence-electron chi connectivity index (χ1n) is 4.23. The maximum Gasteiger partial charge on any atom is 0.455 e. The van der Waals surface area contributed by atoms with Gasteiger partial charge < -0.3 is 5.73 Å². The quantitative estimate of drug-likeness (QED) is 0.813.